The predicted octanol–water partition coefficient (Wildman–Crippen LogP) is 0.992. The molecule has 1 radical (unpaired) electrons. The summed E-state index contributed by atoms with van der Waals surface area (Å²) in [6, 6.07) is 0. The molecule has 0 aromatic heterocycles. The van der Waals surface area contributed by atoms with Crippen LogP contribution in [0, 0.1) is 0 Å². The molecule has 0 bridgehead atoms. The number of rotatable bonds is 0. The first-order valence-electron chi connectivity index (χ1n) is 1.13. The normalized spacial score (nSPS) is 11.8. The van der Waals surface area contributed by atoms with Gasteiger partial charge < -0.3 is 5.21 Å². The molecular weight excluding hydrogens is 86.1 g/mol. The van der Waals surface area contributed by atoms with Gasteiger partial charge in [0.25, 0.3) is 0 Å². The van der Waals surface area contributed by atoms with Crippen LogP contribution in [0.1, 0.15) is 6.92 Å². The molecule has 0 saturated carbocycles. The number of nitrogens with zero attached hydrogens (tertiary/aromatic N) is 1. The monoisotopic (exact) mass is 90.0 g/mol. The highest BCUT2D eigenvalue weighted by atomic mass is 32.1. The standard InChI is InChI=1S/C2H4NOS/c1-2(5)3-4/h4H,1H3/b3-2+. The Hall–Kier alpha value is -0.310. The van der Waals surface area contributed by atoms with E-state index in [4.69, 9.17) is 5.21 Å². The van der Waals surface area contributed by atoms with Crippen molar-refractivity contribution < 1.29 is 5.21 Å². The van der Waals surface area contributed by atoms with Crippen LogP contribution in [0.15, 0.2) is 5.16 Å². The van der Waals surface area contributed by atoms with E-state index in [0.717, 1.165) is 0 Å². The van der Waals surface area contributed by atoms with Gasteiger partial charge in [-0.15, -0.1) is 0 Å². The molecule has 0 atom stereocenters. The van der Waals surface area contributed by atoms with Crippen LogP contribution >= 0.6 is 12.6 Å². The van der Waals surface area contributed by atoms with Gasteiger partial charge in [-0.1, -0.05) is 17.8 Å². The number of oxime groups is 1. The Morgan fingerprint density at radius 2 is 2.20 bits per heavy atom. The Bertz CT molecular complexity index is 47.6. The smallest absolute Gasteiger partial charge is 0.139 e. The van der Waals surface area contributed by atoms with Crippen LogP contribution in [-0.2, 0) is 0 Å². The summed E-state index contributed by atoms with van der Waals surface area (Å²) in [5.41, 5.74) is 0. The van der Waals surface area contributed by atoms with E-state index in [-0.39, 0.29) is 5.04 Å². The molecule has 0 rings (SSSR count). The molecule has 0 aliphatic carbocycles. The van der Waals surface area contributed by atoms with Crippen LogP contribution in [-0.4, -0.2) is 10.3 Å². The highest BCUT2D eigenvalue weighted by Crippen LogP contribution is 1.74. The van der Waals surface area contributed by atoms with Gasteiger partial charge in [0.05, 0.1) is 0 Å². The fraction of sp³-hybridized carbons (Fsp3) is 0.500. The quantitative estimate of drug-likeness (QED) is 0.204. The Kier molecular flexibility index (Phi) is 1.84. The summed E-state index contributed by atoms with van der Waals surface area (Å²) < 4.78 is 0. The van der Waals surface area contributed by atoms with Crippen molar-refractivity contribution in [1.82, 2.24) is 0 Å². The van der Waals surface area contributed by atoms with Gasteiger partial charge in [0.15, 0.2) is 0 Å². The van der Waals surface area contributed by atoms with Crippen molar-refractivity contribution in [2.24, 2.45) is 5.16 Å². The minimum absolute atomic E-state index is 0.269. The lowest BCUT2D eigenvalue weighted by molar-refractivity contribution is 0.320. The molecule has 2 nitrogen and oxygen atoms in total. The zero-order valence-corrected chi connectivity index (χ0v) is 3.62. The van der Waals surface area contributed by atoms with E-state index >= 15 is 0 Å². The molecule has 0 unspecified atom stereocenters. The van der Waals surface area contributed by atoms with E-state index in [2.05, 4.69) is 17.8 Å². The predicted molar refractivity (Wildman–Crippen MR) is 22.5 cm³/mol. The maximum atomic E-state index is 7.63. The molecule has 0 aromatic carbocycles. The van der Waals surface area contributed by atoms with Gasteiger partial charge in [-0.05, 0) is 6.92 Å². The fourth-order valence-electron chi connectivity index (χ4n) is 0. The van der Waals surface area contributed by atoms with Crippen molar-refractivity contribution in [3.63, 3.8) is 0 Å². The average Bonchev–Trinajstić information content (AvgIpc) is 1.38. The molecule has 0 aliphatic heterocycles. The zero-order chi connectivity index (χ0) is 4.28. The second-order valence-corrected chi connectivity index (χ2v) is 1.21. The van der Waals surface area contributed by atoms with Crippen LogP contribution in [0.5, 0.6) is 0 Å². The molecule has 29 valence electrons. The van der Waals surface area contributed by atoms with Crippen molar-refractivity contribution in [1.29, 1.82) is 0 Å². The summed E-state index contributed by atoms with van der Waals surface area (Å²) in [7, 11) is 0. The Labute approximate surface area is 35.9 Å². The van der Waals surface area contributed by atoms with Gasteiger partial charge in [-0.25, -0.2) is 0 Å². The third kappa shape index (κ3) is 3.69. The van der Waals surface area contributed by atoms with Gasteiger partial charge >= 0.3 is 0 Å². The molecule has 0 amide bonds. The lowest BCUT2D eigenvalue weighted by atomic mass is 10.9. The van der Waals surface area contributed by atoms with Gasteiger partial charge in [-0.2, -0.15) is 0 Å². The Morgan fingerprint density at radius 3 is 2.20 bits per heavy atom. The van der Waals surface area contributed by atoms with E-state index in [1.54, 1.807) is 0 Å². The minimum Gasteiger partial charge on any atom is -0.410 e. The van der Waals surface area contributed by atoms with Crippen LogP contribution in [0.25, 0.3) is 0 Å². The topological polar surface area (TPSA) is 32.6 Å². The molecule has 0 saturated heterocycles. The van der Waals surface area contributed by atoms with E-state index in [1.165, 1.54) is 6.92 Å². The Balaban J connectivity index is 3.14. The van der Waals surface area contributed by atoms with Crippen LogP contribution in [0.4, 0.5) is 0 Å². The van der Waals surface area contributed by atoms with E-state index in [1.807, 2.05) is 0 Å². The summed E-state index contributed by atoms with van der Waals surface area (Å²) in [5, 5.41) is 10.5. The molecule has 0 aromatic rings. The third-order valence-electron chi connectivity index (χ3n) is 0.141. The average molecular weight is 90.1 g/mol. The van der Waals surface area contributed by atoms with Crippen LogP contribution in [0.3, 0.4) is 0 Å². The van der Waals surface area contributed by atoms with Crippen LogP contribution in [0.2, 0.25) is 0 Å². The van der Waals surface area contributed by atoms with Gasteiger partial charge in [-0.3, -0.25) is 0 Å². The summed E-state index contributed by atoms with van der Waals surface area (Å²) in [5.74, 6) is 0. The summed E-state index contributed by atoms with van der Waals surface area (Å²) in [6.07, 6.45) is 0. The van der Waals surface area contributed by atoms with Crippen molar-refractivity contribution in [2.75, 3.05) is 0 Å². The molecule has 0 spiro atoms. The Morgan fingerprint density at radius 1 is 2.00 bits per heavy atom. The summed E-state index contributed by atoms with van der Waals surface area (Å²) in [6.45, 7) is 1.54. The van der Waals surface area contributed by atoms with Gasteiger partial charge in [0.2, 0.25) is 0 Å². The minimum atomic E-state index is 0.269. The lowest BCUT2D eigenvalue weighted by Gasteiger charge is -1.68. The molecule has 5 heavy (non-hydrogen) atoms. The second kappa shape index (κ2) is 1.96. The molecular formula is C2H4NOS. The van der Waals surface area contributed by atoms with Gasteiger partial charge in [0.1, 0.15) is 5.04 Å². The van der Waals surface area contributed by atoms with Crippen LogP contribution < -0.4 is 0 Å². The first-order valence-corrected chi connectivity index (χ1v) is 1.54. The molecule has 0 heterocycles. The SMILES string of the molecule is C/C([S])=N\O. The van der Waals surface area contributed by atoms with E-state index in [9.17, 15) is 0 Å². The molecule has 0 aliphatic rings. The van der Waals surface area contributed by atoms with E-state index in [0.29, 0.717) is 0 Å². The van der Waals surface area contributed by atoms with Crippen molar-refractivity contribution in [2.45, 2.75) is 6.92 Å². The fourth-order valence-corrected chi connectivity index (χ4v) is 0. The summed E-state index contributed by atoms with van der Waals surface area (Å²) >= 11 is 4.28. The molecule has 0 fully saturated rings. The van der Waals surface area contributed by atoms with Crippen molar-refractivity contribution in [3.8, 4) is 0 Å². The first-order chi connectivity index (χ1) is 2.27. The van der Waals surface area contributed by atoms with Crippen molar-refractivity contribution in [3.05, 3.63) is 0 Å². The lowest BCUT2D eigenvalue weighted by Crippen LogP contribution is -1.69. The maximum Gasteiger partial charge on any atom is 0.139 e. The molecule has 3 heteroatoms. The maximum absolute atomic E-state index is 7.63. The highest BCUT2D eigenvalue weighted by Gasteiger charge is 1.69. The first kappa shape index (κ1) is 4.69. The molecule has 1 N–H and O–H groups in total. The zero-order valence-electron chi connectivity index (χ0n) is 2.80. The number of hydrogen-bond acceptors (Lipinski definition) is 2. The second-order valence-electron chi connectivity index (χ2n) is 0.619. The number of hydrogen-bond donors (Lipinski definition) is 1. The highest BCUT2D eigenvalue weighted by molar-refractivity contribution is 7.96. The third-order valence-corrected chi connectivity index (χ3v) is 0.222. The largest absolute Gasteiger partial charge is 0.410 e. The van der Waals surface area contributed by atoms with Gasteiger partial charge in [0, 0.05) is 0 Å². The van der Waals surface area contributed by atoms with E-state index < -0.39 is 0 Å². The summed E-state index contributed by atoms with van der Waals surface area (Å²) in [4.78, 5) is 0. The van der Waals surface area contributed by atoms with Crippen molar-refractivity contribution >= 4 is 17.7 Å².